The number of aryl methyl sites for hydroxylation is 2. The number of hydrogen-bond acceptors (Lipinski definition) is 5. The van der Waals surface area contributed by atoms with Crippen molar-refractivity contribution >= 4 is 5.96 Å². The Morgan fingerprint density at radius 3 is 2.69 bits per heavy atom. The van der Waals surface area contributed by atoms with Crippen LogP contribution in [-0.2, 0) is 13.1 Å². The van der Waals surface area contributed by atoms with Gasteiger partial charge in [0.05, 0.1) is 6.54 Å². The maximum Gasteiger partial charge on any atom is 0.223 e. The molecule has 0 unspecified atom stereocenters. The van der Waals surface area contributed by atoms with Gasteiger partial charge in [-0.25, -0.2) is 0 Å². The van der Waals surface area contributed by atoms with Gasteiger partial charge < -0.3 is 15.2 Å². The zero-order valence-electron chi connectivity index (χ0n) is 15.8. The van der Waals surface area contributed by atoms with Crippen LogP contribution in [0.15, 0.2) is 33.8 Å². The molecule has 1 aliphatic heterocycles. The average molecular weight is 356 g/mol. The van der Waals surface area contributed by atoms with E-state index in [9.17, 15) is 0 Å². The van der Waals surface area contributed by atoms with Crippen LogP contribution in [0.3, 0.4) is 0 Å². The summed E-state index contributed by atoms with van der Waals surface area (Å²) in [5, 5.41) is 10.6. The zero-order valence-corrected chi connectivity index (χ0v) is 15.8. The van der Waals surface area contributed by atoms with E-state index in [1.54, 1.807) is 14.0 Å². The number of aliphatic imine (C=N–C) groups is 1. The minimum absolute atomic E-state index is 0.432. The fraction of sp³-hybridized carbons (Fsp3) is 0.526. The molecule has 7 nitrogen and oxygen atoms in total. The fourth-order valence-electron chi connectivity index (χ4n) is 3.23. The summed E-state index contributed by atoms with van der Waals surface area (Å²) in [5.74, 6) is 1.99. The monoisotopic (exact) mass is 356 g/mol. The van der Waals surface area contributed by atoms with Gasteiger partial charge in [0.25, 0.3) is 0 Å². The van der Waals surface area contributed by atoms with Crippen molar-refractivity contribution in [3.8, 4) is 0 Å². The molecule has 3 rings (SSSR count). The van der Waals surface area contributed by atoms with Crippen LogP contribution in [0, 0.1) is 13.8 Å². The molecular weight excluding hydrogens is 328 g/mol. The molecule has 2 aromatic rings. The lowest BCUT2D eigenvalue weighted by atomic mass is 10.0. The van der Waals surface area contributed by atoms with E-state index in [1.165, 1.54) is 11.1 Å². The van der Waals surface area contributed by atoms with Crippen molar-refractivity contribution in [2.24, 2.45) is 4.99 Å². The molecule has 0 bridgehead atoms. The molecule has 0 radical (unpaired) electrons. The topological polar surface area (TPSA) is 78.6 Å². The van der Waals surface area contributed by atoms with Crippen LogP contribution >= 0.6 is 0 Å². The van der Waals surface area contributed by atoms with E-state index in [2.05, 4.69) is 61.9 Å². The van der Waals surface area contributed by atoms with Crippen LogP contribution < -0.4 is 10.6 Å². The second-order valence-electron chi connectivity index (χ2n) is 6.78. The van der Waals surface area contributed by atoms with Crippen LogP contribution in [0.25, 0.3) is 0 Å². The van der Waals surface area contributed by atoms with Gasteiger partial charge in [-0.1, -0.05) is 29.4 Å². The summed E-state index contributed by atoms with van der Waals surface area (Å²) in [4.78, 5) is 11.0. The third-order valence-corrected chi connectivity index (χ3v) is 4.79. The van der Waals surface area contributed by atoms with Gasteiger partial charge in [0.1, 0.15) is 0 Å². The van der Waals surface area contributed by atoms with Crippen molar-refractivity contribution in [3.63, 3.8) is 0 Å². The van der Waals surface area contributed by atoms with Crippen LogP contribution in [-0.4, -0.2) is 47.2 Å². The summed E-state index contributed by atoms with van der Waals surface area (Å²) < 4.78 is 4.98. The maximum absolute atomic E-state index is 4.98. The standard InChI is InChI=1S/C19H28N6O/c1-14-6-4-5-7-16(14)13-25-10-8-17(9-11-25)23-19(20-3)21-12-18-22-15(2)26-24-18/h4-7,17H,8-13H2,1-3H3,(H2,20,21,23). The highest BCUT2D eigenvalue weighted by Crippen LogP contribution is 2.16. The number of rotatable bonds is 5. The second-order valence-corrected chi connectivity index (χ2v) is 6.78. The Labute approximate surface area is 154 Å². The van der Waals surface area contributed by atoms with Crippen molar-refractivity contribution in [2.75, 3.05) is 20.1 Å². The van der Waals surface area contributed by atoms with Crippen molar-refractivity contribution in [3.05, 3.63) is 47.1 Å². The second kappa shape index (κ2) is 8.80. The first kappa shape index (κ1) is 18.4. The highest BCUT2D eigenvalue weighted by Gasteiger charge is 2.20. The van der Waals surface area contributed by atoms with E-state index < -0.39 is 0 Å². The first-order valence-corrected chi connectivity index (χ1v) is 9.17. The summed E-state index contributed by atoms with van der Waals surface area (Å²) in [6.45, 7) is 7.69. The Balaban J connectivity index is 1.43. The molecule has 0 atom stereocenters. The van der Waals surface area contributed by atoms with Gasteiger partial charge in [0.2, 0.25) is 5.89 Å². The van der Waals surface area contributed by atoms with Gasteiger partial charge in [-0.05, 0) is 30.9 Å². The van der Waals surface area contributed by atoms with E-state index >= 15 is 0 Å². The van der Waals surface area contributed by atoms with Gasteiger partial charge in [0, 0.05) is 39.6 Å². The summed E-state index contributed by atoms with van der Waals surface area (Å²) in [6.07, 6.45) is 2.21. The maximum atomic E-state index is 4.98. The summed E-state index contributed by atoms with van der Waals surface area (Å²) >= 11 is 0. The molecule has 0 amide bonds. The van der Waals surface area contributed by atoms with E-state index in [4.69, 9.17) is 4.52 Å². The zero-order chi connectivity index (χ0) is 18.4. The van der Waals surface area contributed by atoms with Crippen LogP contribution in [0.4, 0.5) is 0 Å². The lowest BCUT2D eigenvalue weighted by molar-refractivity contribution is 0.198. The van der Waals surface area contributed by atoms with Crippen LogP contribution in [0.2, 0.25) is 0 Å². The number of likely N-dealkylation sites (tertiary alicyclic amines) is 1. The van der Waals surface area contributed by atoms with E-state index in [0.29, 0.717) is 24.3 Å². The number of benzene rings is 1. The molecule has 7 heteroatoms. The first-order chi connectivity index (χ1) is 12.6. The first-order valence-electron chi connectivity index (χ1n) is 9.17. The Morgan fingerprint density at radius 2 is 2.04 bits per heavy atom. The van der Waals surface area contributed by atoms with Crippen molar-refractivity contribution in [1.82, 2.24) is 25.7 Å². The summed E-state index contributed by atoms with van der Waals surface area (Å²) in [7, 11) is 1.78. The lowest BCUT2D eigenvalue weighted by Crippen LogP contribution is -2.48. The molecule has 26 heavy (non-hydrogen) atoms. The molecule has 140 valence electrons. The number of aromatic nitrogens is 2. The predicted molar refractivity (Wildman–Crippen MR) is 102 cm³/mol. The van der Waals surface area contributed by atoms with Crippen LogP contribution in [0.1, 0.15) is 35.7 Å². The molecular formula is C19H28N6O. The molecule has 1 aromatic carbocycles. The minimum Gasteiger partial charge on any atom is -0.354 e. The SMILES string of the molecule is CN=C(NCc1noc(C)n1)NC1CCN(Cc2ccccc2C)CC1. The number of guanidine groups is 1. The van der Waals surface area contributed by atoms with E-state index in [1.807, 2.05) is 0 Å². The van der Waals surface area contributed by atoms with Crippen molar-refractivity contribution < 1.29 is 4.52 Å². The third-order valence-electron chi connectivity index (χ3n) is 4.79. The van der Waals surface area contributed by atoms with Crippen LogP contribution in [0.5, 0.6) is 0 Å². The van der Waals surface area contributed by atoms with E-state index in [-0.39, 0.29) is 0 Å². The number of nitrogens with zero attached hydrogens (tertiary/aromatic N) is 4. The largest absolute Gasteiger partial charge is 0.354 e. The lowest BCUT2D eigenvalue weighted by Gasteiger charge is -2.33. The molecule has 1 aliphatic rings. The predicted octanol–water partition coefficient (Wildman–Crippen LogP) is 2.02. The Bertz CT molecular complexity index is 733. The Kier molecular flexibility index (Phi) is 6.22. The van der Waals surface area contributed by atoms with E-state index in [0.717, 1.165) is 38.4 Å². The number of hydrogen-bond donors (Lipinski definition) is 2. The quantitative estimate of drug-likeness (QED) is 0.630. The molecule has 1 aromatic heterocycles. The summed E-state index contributed by atoms with van der Waals surface area (Å²) in [6, 6.07) is 9.07. The fourth-order valence-corrected chi connectivity index (χ4v) is 3.23. The molecule has 1 fully saturated rings. The average Bonchev–Trinajstić information content (AvgIpc) is 3.07. The molecule has 0 saturated carbocycles. The molecule has 2 N–H and O–H groups in total. The van der Waals surface area contributed by atoms with Gasteiger partial charge in [-0.3, -0.25) is 9.89 Å². The summed E-state index contributed by atoms with van der Waals surface area (Å²) in [5.41, 5.74) is 2.79. The molecule has 0 spiro atoms. The number of nitrogens with one attached hydrogen (secondary N) is 2. The smallest absolute Gasteiger partial charge is 0.223 e. The Morgan fingerprint density at radius 1 is 1.27 bits per heavy atom. The third kappa shape index (κ3) is 5.05. The number of piperidine rings is 1. The van der Waals surface area contributed by atoms with Crippen molar-refractivity contribution in [1.29, 1.82) is 0 Å². The normalized spacial score (nSPS) is 16.7. The van der Waals surface area contributed by atoms with Gasteiger partial charge in [0.15, 0.2) is 11.8 Å². The van der Waals surface area contributed by atoms with Gasteiger partial charge in [-0.2, -0.15) is 4.98 Å². The molecule has 1 saturated heterocycles. The minimum atomic E-state index is 0.432. The highest BCUT2D eigenvalue weighted by atomic mass is 16.5. The van der Waals surface area contributed by atoms with Gasteiger partial charge in [-0.15, -0.1) is 0 Å². The molecule has 2 heterocycles. The van der Waals surface area contributed by atoms with Gasteiger partial charge >= 0.3 is 0 Å². The highest BCUT2D eigenvalue weighted by molar-refractivity contribution is 5.79. The molecule has 0 aliphatic carbocycles. The Hall–Kier alpha value is -2.41. The van der Waals surface area contributed by atoms with Crippen molar-refractivity contribution in [2.45, 2.75) is 45.8 Å².